The molecule has 0 aromatic heterocycles. The van der Waals surface area contributed by atoms with Gasteiger partial charge >= 0.3 is 0 Å². The van der Waals surface area contributed by atoms with E-state index in [1.807, 2.05) is 49.4 Å². The van der Waals surface area contributed by atoms with Crippen molar-refractivity contribution >= 4 is 5.91 Å². The van der Waals surface area contributed by atoms with Crippen LogP contribution < -0.4 is 10.5 Å². The number of aryl methyl sites for hydroxylation is 2. The molecule has 2 aromatic rings. The fourth-order valence-electron chi connectivity index (χ4n) is 2.47. The summed E-state index contributed by atoms with van der Waals surface area (Å²) in [7, 11) is 0. The SMILES string of the molecule is Cc1ccc(COc2cccc(CCC(C)C)c2C(N)=O)cc1. The van der Waals surface area contributed by atoms with E-state index in [0.29, 0.717) is 23.8 Å². The van der Waals surface area contributed by atoms with Gasteiger partial charge in [0.25, 0.3) is 5.91 Å². The molecule has 0 aliphatic heterocycles. The second-order valence-corrected chi connectivity index (χ2v) is 6.36. The first-order valence-corrected chi connectivity index (χ1v) is 8.07. The normalized spacial score (nSPS) is 10.8. The minimum atomic E-state index is -0.428. The van der Waals surface area contributed by atoms with Crippen LogP contribution in [0.5, 0.6) is 5.75 Å². The Morgan fingerprint density at radius 3 is 2.43 bits per heavy atom. The number of primary amides is 1. The predicted octanol–water partition coefficient (Wildman–Crippen LogP) is 4.26. The third kappa shape index (κ3) is 4.85. The molecule has 0 bridgehead atoms. The lowest BCUT2D eigenvalue weighted by Crippen LogP contribution is -2.16. The molecule has 0 aliphatic rings. The summed E-state index contributed by atoms with van der Waals surface area (Å²) in [6.45, 7) is 6.81. The highest BCUT2D eigenvalue weighted by Crippen LogP contribution is 2.25. The molecule has 122 valence electrons. The zero-order valence-corrected chi connectivity index (χ0v) is 14.1. The summed E-state index contributed by atoms with van der Waals surface area (Å²) in [5.74, 6) is 0.718. The van der Waals surface area contributed by atoms with Gasteiger partial charge in [0, 0.05) is 0 Å². The third-order valence-corrected chi connectivity index (χ3v) is 3.86. The van der Waals surface area contributed by atoms with Gasteiger partial charge in [-0.15, -0.1) is 0 Å². The summed E-state index contributed by atoms with van der Waals surface area (Å²) < 4.78 is 5.87. The number of ether oxygens (including phenoxy) is 1. The third-order valence-electron chi connectivity index (χ3n) is 3.86. The molecule has 0 spiro atoms. The maximum atomic E-state index is 11.9. The smallest absolute Gasteiger partial charge is 0.252 e. The molecule has 0 radical (unpaired) electrons. The molecule has 0 saturated carbocycles. The molecule has 2 N–H and O–H groups in total. The summed E-state index contributed by atoms with van der Waals surface area (Å²) >= 11 is 0. The average molecular weight is 311 g/mol. The van der Waals surface area contributed by atoms with Crippen LogP contribution in [0.1, 0.15) is 47.3 Å². The highest BCUT2D eigenvalue weighted by atomic mass is 16.5. The molecule has 0 aliphatic carbocycles. The van der Waals surface area contributed by atoms with Crippen molar-refractivity contribution in [3.63, 3.8) is 0 Å². The predicted molar refractivity (Wildman–Crippen MR) is 93.6 cm³/mol. The standard InChI is InChI=1S/C20H25NO2/c1-14(2)7-12-17-5-4-6-18(19(17)20(21)22)23-13-16-10-8-15(3)9-11-16/h4-6,8-11,14H,7,12-13H2,1-3H3,(H2,21,22). The van der Waals surface area contributed by atoms with E-state index in [1.54, 1.807) is 0 Å². The summed E-state index contributed by atoms with van der Waals surface area (Å²) in [5.41, 5.74) is 9.35. The van der Waals surface area contributed by atoms with Gasteiger partial charge in [0.1, 0.15) is 12.4 Å². The Balaban J connectivity index is 2.18. The molecule has 0 atom stereocenters. The molecule has 0 saturated heterocycles. The summed E-state index contributed by atoms with van der Waals surface area (Å²) in [4.78, 5) is 11.9. The minimum absolute atomic E-state index is 0.425. The van der Waals surface area contributed by atoms with E-state index in [1.165, 1.54) is 5.56 Å². The molecule has 3 nitrogen and oxygen atoms in total. The average Bonchev–Trinajstić information content (AvgIpc) is 2.52. The molecule has 2 aromatic carbocycles. The first kappa shape index (κ1) is 17.1. The van der Waals surface area contributed by atoms with Crippen LogP contribution >= 0.6 is 0 Å². The second-order valence-electron chi connectivity index (χ2n) is 6.36. The zero-order chi connectivity index (χ0) is 16.8. The summed E-state index contributed by atoms with van der Waals surface area (Å²) in [6, 6.07) is 13.9. The van der Waals surface area contributed by atoms with Gasteiger partial charge in [-0.05, 0) is 42.9 Å². The van der Waals surface area contributed by atoms with Crippen LogP contribution in [0.4, 0.5) is 0 Å². The molecule has 2 rings (SSSR count). The molecule has 0 fully saturated rings. The Morgan fingerprint density at radius 2 is 1.83 bits per heavy atom. The molecule has 0 heterocycles. The number of rotatable bonds is 7. The van der Waals surface area contributed by atoms with Crippen molar-refractivity contribution < 1.29 is 9.53 Å². The van der Waals surface area contributed by atoms with Gasteiger partial charge in [-0.2, -0.15) is 0 Å². The van der Waals surface area contributed by atoms with E-state index in [0.717, 1.165) is 24.0 Å². The van der Waals surface area contributed by atoms with Crippen molar-refractivity contribution in [2.45, 2.75) is 40.2 Å². The lowest BCUT2D eigenvalue weighted by Gasteiger charge is -2.14. The number of benzene rings is 2. The van der Waals surface area contributed by atoms with E-state index >= 15 is 0 Å². The lowest BCUT2D eigenvalue weighted by molar-refractivity contribution is 0.0995. The van der Waals surface area contributed by atoms with E-state index in [4.69, 9.17) is 10.5 Å². The molecule has 1 amide bonds. The van der Waals surface area contributed by atoms with Crippen molar-refractivity contribution in [1.29, 1.82) is 0 Å². The van der Waals surface area contributed by atoms with Crippen molar-refractivity contribution in [2.75, 3.05) is 0 Å². The molecule has 3 heteroatoms. The van der Waals surface area contributed by atoms with Crippen LogP contribution in [0.2, 0.25) is 0 Å². The van der Waals surface area contributed by atoms with E-state index < -0.39 is 5.91 Å². The first-order chi connectivity index (χ1) is 11.0. The van der Waals surface area contributed by atoms with Crippen LogP contribution in [0.25, 0.3) is 0 Å². The quantitative estimate of drug-likeness (QED) is 0.830. The highest BCUT2D eigenvalue weighted by molar-refractivity contribution is 5.97. The van der Waals surface area contributed by atoms with Crippen molar-refractivity contribution in [1.82, 2.24) is 0 Å². The number of nitrogens with two attached hydrogens (primary N) is 1. The minimum Gasteiger partial charge on any atom is -0.488 e. The number of hydrogen-bond acceptors (Lipinski definition) is 2. The maximum absolute atomic E-state index is 11.9. The number of carbonyl (C=O) groups excluding carboxylic acids is 1. The van der Waals surface area contributed by atoms with Crippen LogP contribution in [0.15, 0.2) is 42.5 Å². The van der Waals surface area contributed by atoms with Crippen LogP contribution in [-0.2, 0) is 13.0 Å². The highest BCUT2D eigenvalue weighted by Gasteiger charge is 2.15. The Labute approximate surface area is 138 Å². The molecular weight excluding hydrogens is 286 g/mol. The summed E-state index contributed by atoms with van der Waals surface area (Å²) in [6.07, 6.45) is 1.85. The van der Waals surface area contributed by atoms with E-state index in [9.17, 15) is 4.79 Å². The number of hydrogen-bond donors (Lipinski definition) is 1. The Hall–Kier alpha value is -2.29. The van der Waals surface area contributed by atoms with E-state index in [2.05, 4.69) is 13.8 Å². The fourth-order valence-corrected chi connectivity index (χ4v) is 2.47. The fraction of sp³-hybridized carbons (Fsp3) is 0.350. The van der Waals surface area contributed by atoms with Crippen molar-refractivity contribution in [2.24, 2.45) is 11.7 Å². The number of amides is 1. The van der Waals surface area contributed by atoms with Gasteiger partial charge in [0.15, 0.2) is 0 Å². The Kier molecular flexibility index (Phi) is 5.80. The first-order valence-electron chi connectivity index (χ1n) is 8.07. The molecule has 0 unspecified atom stereocenters. The Bertz CT molecular complexity index is 660. The molecular formula is C20H25NO2. The topological polar surface area (TPSA) is 52.3 Å². The van der Waals surface area contributed by atoms with E-state index in [-0.39, 0.29) is 0 Å². The summed E-state index contributed by atoms with van der Waals surface area (Å²) in [5, 5.41) is 0. The largest absolute Gasteiger partial charge is 0.488 e. The maximum Gasteiger partial charge on any atom is 0.252 e. The Morgan fingerprint density at radius 1 is 1.13 bits per heavy atom. The van der Waals surface area contributed by atoms with Gasteiger partial charge in [-0.3, -0.25) is 4.79 Å². The second kappa shape index (κ2) is 7.82. The molecule has 23 heavy (non-hydrogen) atoms. The van der Waals surface area contributed by atoms with Crippen LogP contribution in [-0.4, -0.2) is 5.91 Å². The van der Waals surface area contributed by atoms with Gasteiger partial charge in [-0.25, -0.2) is 0 Å². The van der Waals surface area contributed by atoms with Gasteiger partial charge in [0.05, 0.1) is 5.56 Å². The monoisotopic (exact) mass is 311 g/mol. The van der Waals surface area contributed by atoms with Gasteiger partial charge < -0.3 is 10.5 Å². The van der Waals surface area contributed by atoms with Crippen molar-refractivity contribution in [3.05, 3.63) is 64.7 Å². The zero-order valence-electron chi connectivity index (χ0n) is 14.1. The van der Waals surface area contributed by atoms with Gasteiger partial charge in [-0.1, -0.05) is 55.8 Å². The van der Waals surface area contributed by atoms with Gasteiger partial charge in [0.2, 0.25) is 0 Å². The number of carbonyl (C=O) groups is 1. The lowest BCUT2D eigenvalue weighted by atomic mass is 9.97. The van der Waals surface area contributed by atoms with Crippen molar-refractivity contribution in [3.8, 4) is 5.75 Å². The van der Waals surface area contributed by atoms with Crippen LogP contribution in [0, 0.1) is 12.8 Å². The van der Waals surface area contributed by atoms with Crippen LogP contribution in [0.3, 0.4) is 0 Å².